The normalized spacial score (nSPS) is 26.7. The van der Waals surface area contributed by atoms with Gasteiger partial charge in [-0.2, -0.15) is 0 Å². The molecule has 0 N–H and O–H groups in total. The minimum absolute atomic E-state index is 0.00516. The summed E-state index contributed by atoms with van der Waals surface area (Å²) in [5, 5.41) is 0. The molecule has 152 valence electrons. The van der Waals surface area contributed by atoms with Crippen LogP contribution >= 0.6 is 0 Å². The smallest absolute Gasteiger partial charge is 0.258 e. The lowest BCUT2D eigenvalue weighted by Gasteiger charge is -2.45. The molecule has 2 heterocycles. The van der Waals surface area contributed by atoms with Crippen LogP contribution in [0.25, 0.3) is 5.57 Å². The SMILES string of the molecule is CN1C(=O)[C@@](C)(CC=O)C=C2c3cccc4c3[C@H](C[C@H]21)CN4C(=O)c1ccccc1. The Hall–Kier alpha value is -3.21. The second kappa shape index (κ2) is 6.66. The van der Waals surface area contributed by atoms with Crippen molar-refractivity contribution < 1.29 is 14.4 Å². The first-order valence-corrected chi connectivity index (χ1v) is 10.4. The molecule has 0 aromatic heterocycles. The van der Waals surface area contributed by atoms with Crippen molar-refractivity contribution in [3.8, 4) is 0 Å². The van der Waals surface area contributed by atoms with Crippen molar-refractivity contribution in [3.05, 3.63) is 71.3 Å². The van der Waals surface area contributed by atoms with E-state index in [0.29, 0.717) is 12.1 Å². The molecule has 0 fully saturated rings. The lowest BCUT2D eigenvalue weighted by Crippen LogP contribution is -2.51. The number of carbonyl (C=O) groups is 3. The third-order valence-corrected chi connectivity index (χ3v) is 6.89. The van der Waals surface area contributed by atoms with Crippen molar-refractivity contribution >= 4 is 29.4 Å². The maximum Gasteiger partial charge on any atom is 0.258 e. The fourth-order valence-corrected chi connectivity index (χ4v) is 5.39. The van der Waals surface area contributed by atoms with Crippen molar-refractivity contribution in [2.75, 3.05) is 18.5 Å². The van der Waals surface area contributed by atoms with E-state index < -0.39 is 5.41 Å². The van der Waals surface area contributed by atoms with Crippen LogP contribution in [0.2, 0.25) is 0 Å². The predicted molar refractivity (Wildman–Crippen MR) is 115 cm³/mol. The number of benzene rings is 2. The van der Waals surface area contributed by atoms with Gasteiger partial charge in [-0.15, -0.1) is 0 Å². The Morgan fingerprint density at radius 1 is 1.17 bits per heavy atom. The van der Waals surface area contributed by atoms with Crippen LogP contribution in [-0.4, -0.2) is 42.6 Å². The molecule has 0 unspecified atom stereocenters. The summed E-state index contributed by atoms with van der Waals surface area (Å²) in [6, 6.07) is 15.4. The largest absolute Gasteiger partial charge is 0.338 e. The molecule has 3 aliphatic rings. The average molecular weight is 400 g/mol. The van der Waals surface area contributed by atoms with E-state index in [9.17, 15) is 14.4 Å². The summed E-state index contributed by atoms with van der Waals surface area (Å²) in [5.74, 6) is 0.181. The van der Waals surface area contributed by atoms with Gasteiger partial charge < -0.3 is 14.6 Å². The monoisotopic (exact) mass is 400 g/mol. The molecule has 2 aliphatic heterocycles. The third kappa shape index (κ3) is 2.58. The predicted octanol–water partition coefficient (Wildman–Crippen LogP) is 3.65. The average Bonchev–Trinajstić information content (AvgIpc) is 3.13. The van der Waals surface area contributed by atoms with E-state index in [2.05, 4.69) is 6.07 Å². The molecule has 0 spiro atoms. The van der Waals surface area contributed by atoms with E-state index in [-0.39, 0.29) is 30.2 Å². The van der Waals surface area contributed by atoms with Crippen molar-refractivity contribution in [1.82, 2.24) is 4.90 Å². The summed E-state index contributed by atoms with van der Waals surface area (Å²) in [7, 11) is 1.83. The van der Waals surface area contributed by atoms with Gasteiger partial charge in [0.15, 0.2) is 0 Å². The number of hydrogen-bond donors (Lipinski definition) is 0. The van der Waals surface area contributed by atoms with Gasteiger partial charge in [0.05, 0.1) is 11.5 Å². The van der Waals surface area contributed by atoms with E-state index in [0.717, 1.165) is 29.5 Å². The molecule has 30 heavy (non-hydrogen) atoms. The van der Waals surface area contributed by atoms with Crippen LogP contribution in [0.15, 0.2) is 54.6 Å². The minimum Gasteiger partial charge on any atom is -0.338 e. The van der Waals surface area contributed by atoms with Crippen LogP contribution in [0, 0.1) is 5.41 Å². The zero-order chi connectivity index (χ0) is 21.0. The van der Waals surface area contributed by atoms with Crippen molar-refractivity contribution in [1.29, 1.82) is 0 Å². The van der Waals surface area contributed by atoms with Crippen molar-refractivity contribution in [2.24, 2.45) is 5.41 Å². The molecule has 0 radical (unpaired) electrons. The minimum atomic E-state index is -0.823. The summed E-state index contributed by atoms with van der Waals surface area (Å²) in [5.41, 5.74) is 4.21. The highest BCUT2D eigenvalue weighted by molar-refractivity contribution is 6.08. The van der Waals surface area contributed by atoms with Gasteiger partial charge in [0.25, 0.3) is 5.91 Å². The van der Waals surface area contributed by atoms with Crippen LogP contribution in [0.5, 0.6) is 0 Å². The van der Waals surface area contributed by atoms with E-state index in [4.69, 9.17) is 0 Å². The van der Waals surface area contributed by atoms with Gasteiger partial charge in [0.2, 0.25) is 5.91 Å². The van der Waals surface area contributed by atoms with Crippen LogP contribution in [0.1, 0.15) is 47.2 Å². The fraction of sp³-hybridized carbons (Fsp3) is 0.320. The number of hydrogen-bond acceptors (Lipinski definition) is 3. The maximum absolute atomic E-state index is 13.2. The number of amides is 2. The fourth-order valence-electron chi connectivity index (χ4n) is 5.39. The number of anilines is 1. The molecule has 5 heteroatoms. The summed E-state index contributed by atoms with van der Waals surface area (Å²) >= 11 is 0. The van der Waals surface area contributed by atoms with Gasteiger partial charge >= 0.3 is 0 Å². The Morgan fingerprint density at radius 3 is 2.67 bits per heavy atom. The van der Waals surface area contributed by atoms with Gasteiger partial charge in [0.1, 0.15) is 6.29 Å². The highest BCUT2D eigenvalue weighted by Crippen LogP contribution is 2.52. The Morgan fingerprint density at radius 2 is 1.93 bits per heavy atom. The first kappa shape index (κ1) is 18.8. The molecular formula is C25H24N2O3. The third-order valence-electron chi connectivity index (χ3n) is 6.89. The second-order valence-corrected chi connectivity index (χ2v) is 8.77. The topological polar surface area (TPSA) is 57.7 Å². The molecule has 0 bridgehead atoms. The zero-order valence-electron chi connectivity index (χ0n) is 17.2. The lowest BCUT2D eigenvalue weighted by molar-refractivity contribution is -0.141. The highest BCUT2D eigenvalue weighted by atomic mass is 16.2. The van der Waals surface area contributed by atoms with Gasteiger partial charge in [-0.3, -0.25) is 9.59 Å². The van der Waals surface area contributed by atoms with E-state index in [1.807, 2.05) is 67.4 Å². The van der Waals surface area contributed by atoms with Crippen LogP contribution in [-0.2, 0) is 9.59 Å². The Kier molecular flexibility index (Phi) is 4.17. The molecule has 0 saturated heterocycles. The Bertz CT molecular complexity index is 1090. The molecule has 2 amide bonds. The molecule has 2 aromatic carbocycles. The van der Waals surface area contributed by atoms with Crippen molar-refractivity contribution in [2.45, 2.75) is 31.7 Å². The van der Waals surface area contributed by atoms with Crippen LogP contribution < -0.4 is 4.90 Å². The van der Waals surface area contributed by atoms with E-state index >= 15 is 0 Å². The standard InChI is InChI=1S/C25H24N2O3/c1-25(11-12-28)14-19-18-9-6-10-20-22(18)17(13-21(19)26(2)24(25)30)15-27(20)23(29)16-7-4-3-5-8-16/h3-10,12,14,17,21H,11,13,15H2,1-2H3/t17-,21-,25+/m1/s1. The number of aldehydes is 1. The van der Waals surface area contributed by atoms with E-state index in [1.54, 1.807) is 4.90 Å². The molecule has 5 rings (SSSR count). The summed E-state index contributed by atoms with van der Waals surface area (Å²) in [6.45, 7) is 2.46. The van der Waals surface area contributed by atoms with Crippen molar-refractivity contribution in [3.63, 3.8) is 0 Å². The Labute approximate surface area is 176 Å². The maximum atomic E-state index is 13.2. The molecule has 0 saturated carbocycles. The zero-order valence-corrected chi connectivity index (χ0v) is 17.2. The van der Waals surface area contributed by atoms with Crippen LogP contribution in [0.4, 0.5) is 5.69 Å². The first-order chi connectivity index (χ1) is 14.4. The van der Waals surface area contributed by atoms with Crippen LogP contribution in [0.3, 0.4) is 0 Å². The second-order valence-electron chi connectivity index (χ2n) is 8.77. The quantitative estimate of drug-likeness (QED) is 0.739. The highest BCUT2D eigenvalue weighted by Gasteiger charge is 2.48. The number of carbonyl (C=O) groups excluding carboxylic acids is 3. The molecule has 1 aliphatic carbocycles. The molecule has 3 atom stereocenters. The van der Waals surface area contributed by atoms with Gasteiger partial charge in [-0.1, -0.05) is 36.4 Å². The van der Waals surface area contributed by atoms with Gasteiger partial charge in [-0.25, -0.2) is 0 Å². The Balaban J connectivity index is 1.62. The molecule has 2 aromatic rings. The number of fused-ring (bicyclic) bond motifs is 2. The summed E-state index contributed by atoms with van der Waals surface area (Å²) in [6.07, 6.45) is 3.78. The summed E-state index contributed by atoms with van der Waals surface area (Å²) < 4.78 is 0. The first-order valence-electron chi connectivity index (χ1n) is 10.4. The van der Waals surface area contributed by atoms with Gasteiger partial charge in [-0.05, 0) is 48.2 Å². The summed E-state index contributed by atoms with van der Waals surface area (Å²) in [4.78, 5) is 41.2. The molecular weight excluding hydrogens is 376 g/mol. The molecule has 5 nitrogen and oxygen atoms in total. The number of rotatable bonds is 3. The number of nitrogens with zero attached hydrogens (tertiary/aromatic N) is 2. The van der Waals surface area contributed by atoms with Gasteiger partial charge in [0, 0.05) is 37.2 Å². The lowest BCUT2D eigenvalue weighted by atomic mass is 9.70. The van der Waals surface area contributed by atoms with E-state index in [1.165, 1.54) is 5.56 Å². The number of likely N-dealkylation sites (N-methyl/N-ethyl adjacent to an activating group) is 1.